The molecule has 0 radical (unpaired) electrons. The summed E-state index contributed by atoms with van der Waals surface area (Å²) in [6.45, 7) is 1.85. The standard InChI is InChI=1S/C20H17NO3S2/c1-13-18(26-19(21-13)14-8-4-3-5-9-14)16(22)12-25-17-11-7-6-10-15(17)20(23)24-2/h3-11H,12H2,1-2H3. The van der Waals surface area contributed by atoms with Crippen molar-refractivity contribution in [2.45, 2.75) is 11.8 Å². The zero-order valence-electron chi connectivity index (χ0n) is 14.4. The van der Waals surface area contributed by atoms with Crippen LogP contribution >= 0.6 is 23.1 Å². The fourth-order valence-corrected chi connectivity index (χ4v) is 4.45. The predicted molar refractivity (Wildman–Crippen MR) is 105 cm³/mol. The van der Waals surface area contributed by atoms with Crippen LogP contribution in [0.25, 0.3) is 10.6 Å². The minimum Gasteiger partial charge on any atom is -0.465 e. The Bertz CT molecular complexity index is 935. The highest BCUT2D eigenvalue weighted by Gasteiger charge is 2.18. The van der Waals surface area contributed by atoms with Crippen LogP contribution < -0.4 is 0 Å². The number of benzene rings is 2. The number of Topliss-reactive ketones (excluding diaryl/α,β-unsaturated/α-hetero) is 1. The van der Waals surface area contributed by atoms with Crippen molar-refractivity contribution in [1.82, 2.24) is 4.98 Å². The monoisotopic (exact) mass is 383 g/mol. The van der Waals surface area contributed by atoms with Crippen LogP contribution in [0.2, 0.25) is 0 Å². The Balaban J connectivity index is 1.76. The zero-order chi connectivity index (χ0) is 18.5. The summed E-state index contributed by atoms with van der Waals surface area (Å²) in [7, 11) is 1.35. The number of methoxy groups -OCH3 is 1. The number of aromatic nitrogens is 1. The Labute approximate surface area is 160 Å². The van der Waals surface area contributed by atoms with E-state index < -0.39 is 5.97 Å². The number of hydrogen-bond donors (Lipinski definition) is 0. The van der Waals surface area contributed by atoms with Gasteiger partial charge in [-0.3, -0.25) is 4.79 Å². The smallest absolute Gasteiger partial charge is 0.338 e. The van der Waals surface area contributed by atoms with E-state index in [1.54, 1.807) is 12.1 Å². The molecule has 0 N–H and O–H groups in total. The van der Waals surface area contributed by atoms with Crippen LogP contribution in [-0.4, -0.2) is 29.6 Å². The summed E-state index contributed by atoms with van der Waals surface area (Å²) in [5, 5.41) is 0.839. The summed E-state index contributed by atoms with van der Waals surface area (Å²) in [5.74, 6) is -0.154. The van der Waals surface area contributed by atoms with Crippen molar-refractivity contribution in [2.24, 2.45) is 0 Å². The van der Waals surface area contributed by atoms with E-state index in [2.05, 4.69) is 4.98 Å². The molecule has 0 aliphatic heterocycles. The summed E-state index contributed by atoms with van der Waals surface area (Å²) in [6, 6.07) is 16.9. The number of ether oxygens (including phenoxy) is 1. The van der Waals surface area contributed by atoms with E-state index in [0.29, 0.717) is 10.4 Å². The topological polar surface area (TPSA) is 56.3 Å². The normalized spacial score (nSPS) is 10.5. The molecule has 0 spiro atoms. The fraction of sp³-hybridized carbons (Fsp3) is 0.150. The van der Waals surface area contributed by atoms with Crippen molar-refractivity contribution in [3.63, 3.8) is 0 Å². The third-order valence-corrected chi connectivity index (χ3v) is 6.04. The highest BCUT2D eigenvalue weighted by molar-refractivity contribution is 8.00. The van der Waals surface area contributed by atoms with E-state index in [9.17, 15) is 9.59 Å². The van der Waals surface area contributed by atoms with Gasteiger partial charge in [0.2, 0.25) is 0 Å². The molecule has 0 unspecified atom stereocenters. The first-order valence-corrected chi connectivity index (χ1v) is 9.76. The van der Waals surface area contributed by atoms with Crippen LogP contribution in [0.1, 0.15) is 25.7 Å². The van der Waals surface area contributed by atoms with Crippen molar-refractivity contribution in [3.05, 3.63) is 70.7 Å². The van der Waals surface area contributed by atoms with E-state index in [0.717, 1.165) is 21.2 Å². The molecule has 1 heterocycles. The van der Waals surface area contributed by atoms with Crippen LogP contribution in [0.4, 0.5) is 0 Å². The van der Waals surface area contributed by atoms with Gasteiger partial charge in [-0.05, 0) is 19.1 Å². The molecule has 0 fully saturated rings. The summed E-state index contributed by atoms with van der Waals surface area (Å²) < 4.78 is 4.79. The van der Waals surface area contributed by atoms with Crippen LogP contribution in [0.3, 0.4) is 0 Å². The van der Waals surface area contributed by atoms with Gasteiger partial charge in [-0.25, -0.2) is 9.78 Å². The second kappa shape index (κ2) is 8.29. The number of carbonyl (C=O) groups is 2. The molecule has 132 valence electrons. The molecule has 0 saturated heterocycles. The number of carbonyl (C=O) groups excluding carboxylic acids is 2. The van der Waals surface area contributed by atoms with E-state index in [1.807, 2.05) is 49.4 Å². The molecule has 0 amide bonds. The Morgan fingerprint density at radius 2 is 1.77 bits per heavy atom. The average Bonchev–Trinajstić information content (AvgIpc) is 3.08. The molecular formula is C20H17NO3S2. The lowest BCUT2D eigenvalue weighted by atomic mass is 10.2. The molecule has 26 heavy (non-hydrogen) atoms. The number of hydrogen-bond acceptors (Lipinski definition) is 6. The van der Waals surface area contributed by atoms with E-state index in [1.165, 1.54) is 30.2 Å². The Morgan fingerprint density at radius 3 is 2.50 bits per heavy atom. The van der Waals surface area contributed by atoms with Gasteiger partial charge in [0.15, 0.2) is 5.78 Å². The van der Waals surface area contributed by atoms with Crippen molar-refractivity contribution in [2.75, 3.05) is 12.9 Å². The Hall–Kier alpha value is -2.44. The molecule has 0 aliphatic carbocycles. The maximum absolute atomic E-state index is 12.7. The maximum atomic E-state index is 12.7. The molecule has 6 heteroatoms. The number of rotatable bonds is 6. The van der Waals surface area contributed by atoms with Crippen LogP contribution in [0.15, 0.2) is 59.5 Å². The second-order valence-corrected chi connectivity index (χ2v) is 7.52. The average molecular weight is 383 g/mol. The first-order valence-electron chi connectivity index (χ1n) is 7.96. The fourth-order valence-electron chi connectivity index (χ4n) is 2.44. The van der Waals surface area contributed by atoms with Gasteiger partial charge in [0, 0.05) is 10.5 Å². The molecule has 1 aromatic heterocycles. The first kappa shape index (κ1) is 18.4. The van der Waals surface area contributed by atoms with Gasteiger partial charge in [0.25, 0.3) is 0 Å². The number of ketones is 1. The first-order chi connectivity index (χ1) is 12.6. The van der Waals surface area contributed by atoms with Gasteiger partial charge in [-0.1, -0.05) is 42.5 Å². The lowest BCUT2D eigenvalue weighted by Crippen LogP contribution is -2.05. The van der Waals surface area contributed by atoms with Crippen LogP contribution in [-0.2, 0) is 4.74 Å². The van der Waals surface area contributed by atoms with Gasteiger partial charge in [-0.15, -0.1) is 23.1 Å². The molecule has 3 aromatic rings. The van der Waals surface area contributed by atoms with E-state index in [4.69, 9.17) is 4.74 Å². The predicted octanol–water partition coefficient (Wildman–Crippen LogP) is 4.88. The van der Waals surface area contributed by atoms with Gasteiger partial charge in [0.1, 0.15) is 5.01 Å². The van der Waals surface area contributed by atoms with E-state index in [-0.39, 0.29) is 11.5 Å². The van der Waals surface area contributed by atoms with Crippen molar-refractivity contribution in [1.29, 1.82) is 0 Å². The number of thiazole rings is 1. The Morgan fingerprint density at radius 1 is 1.08 bits per heavy atom. The van der Waals surface area contributed by atoms with Crippen molar-refractivity contribution >= 4 is 34.9 Å². The second-order valence-electron chi connectivity index (χ2n) is 5.50. The number of aryl methyl sites for hydroxylation is 1. The van der Waals surface area contributed by atoms with Gasteiger partial charge in [-0.2, -0.15) is 0 Å². The van der Waals surface area contributed by atoms with Crippen molar-refractivity contribution < 1.29 is 14.3 Å². The minimum absolute atomic E-state index is 0.00634. The molecular weight excluding hydrogens is 366 g/mol. The Kier molecular flexibility index (Phi) is 5.85. The zero-order valence-corrected chi connectivity index (χ0v) is 16.0. The largest absolute Gasteiger partial charge is 0.465 e. The molecule has 0 saturated carbocycles. The molecule has 3 rings (SSSR count). The molecule has 0 atom stereocenters. The molecule has 2 aromatic carbocycles. The lowest BCUT2D eigenvalue weighted by molar-refractivity contribution is 0.0596. The highest BCUT2D eigenvalue weighted by Crippen LogP contribution is 2.30. The molecule has 0 bridgehead atoms. The quantitative estimate of drug-likeness (QED) is 0.345. The summed E-state index contributed by atoms with van der Waals surface area (Å²) in [4.78, 5) is 30.4. The number of nitrogens with zero attached hydrogens (tertiary/aromatic N) is 1. The highest BCUT2D eigenvalue weighted by atomic mass is 32.2. The summed E-state index contributed by atoms with van der Waals surface area (Å²) >= 11 is 2.74. The van der Waals surface area contributed by atoms with Gasteiger partial charge < -0.3 is 4.74 Å². The summed E-state index contributed by atoms with van der Waals surface area (Å²) in [6.07, 6.45) is 0. The third-order valence-electron chi connectivity index (χ3n) is 3.72. The number of esters is 1. The molecule has 0 aliphatic rings. The van der Waals surface area contributed by atoms with Gasteiger partial charge >= 0.3 is 5.97 Å². The van der Waals surface area contributed by atoms with Crippen molar-refractivity contribution in [3.8, 4) is 10.6 Å². The van der Waals surface area contributed by atoms with Gasteiger partial charge in [0.05, 0.1) is 29.0 Å². The lowest BCUT2D eigenvalue weighted by Gasteiger charge is -2.06. The summed E-state index contributed by atoms with van der Waals surface area (Å²) in [5.41, 5.74) is 2.21. The molecule has 4 nitrogen and oxygen atoms in total. The third kappa shape index (κ3) is 4.03. The van der Waals surface area contributed by atoms with Crippen LogP contribution in [0.5, 0.6) is 0 Å². The SMILES string of the molecule is COC(=O)c1ccccc1SCC(=O)c1sc(-c2ccccc2)nc1C. The minimum atomic E-state index is -0.402. The van der Waals surface area contributed by atoms with Crippen LogP contribution in [0, 0.1) is 6.92 Å². The number of thioether (sulfide) groups is 1. The maximum Gasteiger partial charge on any atom is 0.338 e. The van der Waals surface area contributed by atoms with E-state index >= 15 is 0 Å².